The van der Waals surface area contributed by atoms with Crippen molar-refractivity contribution in [3.8, 4) is 16.9 Å². The number of alkyl halides is 3. The molecule has 0 saturated heterocycles. The number of rotatable bonds is 8. The van der Waals surface area contributed by atoms with Crippen LogP contribution in [0.5, 0.6) is 0 Å². The van der Waals surface area contributed by atoms with Crippen LogP contribution in [0.25, 0.3) is 22.5 Å². The molecule has 0 spiro atoms. The van der Waals surface area contributed by atoms with Crippen molar-refractivity contribution in [3.63, 3.8) is 0 Å². The lowest BCUT2D eigenvalue weighted by Gasteiger charge is -2.13. The van der Waals surface area contributed by atoms with Crippen LogP contribution in [-0.4, -0.2) is 45.5 Å². The molecule has 13 heteroatoms. The van der Waals surface area contributed by atoms with Crippen LogP contribution < -0.4 is 5.32 Å². The molecule has 9 nitrogen and oxygen atoms in total. The van der Waals surface area contributed by atoms with Crippen LogP contribution in [-0.2, 0) is 20.8 Å². The molecule has 0 radical (unpaired) electrons. The lowest BCUT2D eigenvalue weighted by atomic mass is 9.98. The molecule has 4 aromatic rings. The minimum absolute atomic E-state index is 0.0136. The lowest BCUT2D eigenvalue weighted by molar-refractivity contribution is -0.141. The molecule has 0 saturated carbocycles. The summed E-state index contributed by atoms with van der Waals surface area (Å²) < 4.78 is 64.7. The summed E-state index contributed by atoms with van der Waals surface area (Å²) in [5.41, 5.74) is 1.24. The van der Waals surface area contributed by atoms with Crippen LogP contribution in [0.3, 0.4) is 0 Å². The first-order chi connectivity index (χ1) is 18.3. The van der Waals surface area contributed by atoms with Gasteiger partial charge in [-0.15, -0.1) is 0 Å². The van der Waals surface area contributed by atoms with Gasteiger partial charge in [0.15, 0.2) is 21.3 Å². The number of carboxylic acid groups (broad SMARTS) is 1. The van der Waals surface area contributed by atoms with Crippen LogP contribution >= 0.6 is 0 Å². The molecular formula is C26H22F3N5O4S. The topological polar surface area (TPSA) is 127 Å². The van der Waals surface area contributed by atoms with Crippen molar-refractivity contribution >= 4 is 33.0 Å². The molecule has 0 atom stereocenters. The fourth-order valence-electron chi connectivity index (χ4n) is 3.76. The van der Waals surface area contributed by atoms with E-state index in [4.69, 9.17) is 0 Å². The van der Waals surface area contributed by atoms with Gasteiger partial charge in [-0.05, 0) is 53.5 Å². The third-order valence-corrected chi connectivity index (χ3v) is 6.72. The molecule has 0 aliphatic heterocycles. The molecule has 2 heterocycles. The third-order valence-electron chi connectivity index (χ3n) is 5.61. The summed E-state index contributed by atoms with van der Waals surface area (Å²) in [6.07, 6.45) is 0.429. The zero-order chi connectivity index (χ0) is 28.4. The molecule has 0 aliphatic carbocycles. The number of nitrogens with one attached hydrogen (secondary N) is 1. The Kier molecular flexibility index (Phi) is 7.54. The normalized spacial score (nSPS) is 12.4. The molecule has 0 amide bonds. The standard InChI is InChI=1S/C26H22F3N5O4S/c1-3-16(13-23(35)36)17-6-4-7-18(12-17)21-15-30-25(31-19-8-5-9-20(14-19)39(2,37)38)32-24(21)34-11-10-22(33-34)26(27,28)29/h4-15H,3H2,1-2H3,(H,35,36)(H,30,31,32)/b16-13+. The molecule has 39 heavy (non-hydrogen) atoms. The van der Waals surface area contributed by atoms with Crippen LogP contribution in [0.4, 0.5) is 24.8 Å². The summed E-state index contributed by atoms with van der Waals surface area (Å²) in [5, 5.41) is 15.7. The highest BCUT2D eigenvalue weighted by Crippen LogP contribution is 2.32. The highest BCUT2D eigenvalue weighted by Gasteiger charge is 2.34. The predicted octanol–water partition coefficient (Wildman–Crippen LogP) is 5.37. The predicted molar refractivity (Wildman–Crippen MR) is 138 cm³/mol. The van der Waals surface area contributed by atoms with Crippen molar-refractivity contribution in [1.82, 2.24) is 19.7 Å². The van der Waals surface area contributed by atoms with E-state index in [0.717, 1.165) is 29.3 Å². The van der Waals surface area contributed by atoms with Gasteiger partial charge in [-0.2, -0.15) is 23.3 Å². The number of aromatic nitrogens is 4. The molecule has 2 aromatic heterocycles. The minimum Gasteiger partial charge on any atom is -0.478 e. The number of aliphatic carboxylic acids is 1. The Morgan fingerprint density at radius 2 is 1.87 bits per heavy atom. The van der Waals surface area contributed by atoms with E-state index in [9.17, 15) is 31.5 Å². The van der Waals surface area contributed by atoms with Gasteiger partial charge in [0.2, 0.25) is 5.95 Å². The first kappa shape index (κ1) is 27.5. The van der Waals surface area contributed by atoms with Crippen LogP contribution in [0, 0.1) is 0 Å². The maximum absolute atomic E-state index is 13.3. The van der Waals surface area contributed by atoms with Crippen molar-refractivity contribution in [1.29, 1.82) is 0 Å². The fourth-order valence-corrected chi connectivity index (χ4v) is 4.43. The number of sulfone groups is 1. The number of carbonyl (C=O) groups is 1. The van der Waals surface area contributed by atoms with E-state index in [2.05, 4.69) is 20.4 Å². The quantitative estimate of drug-likeness (QED) is 0.277. The van der Waals surface area contributed by atoms with Gasteiger partial charge in [0.25, 0.3) is 0 Å². The van der Waals surface area contributed by atoms with Gasteiger partial charge in [-0.1, -0.05) is 31.2 Å². The molecule has 0 aliphatic rings. The summed E-state index contributed by atoms with van der Waals surface area (Å²) in [4.78, 5) is 20.0. The van der Waals surface area contributed by atoms with E-state index in [1.165, 1.54) is 24.4 Å². The number of hydrogen-bond donors (Lipinski definition) is 2. The van der Waals surface area contributed by atoms with Gasteiger partial charge in [0, 0.05) is 36.0 Å². The second kappa shape index (κ2) is 10.7. The van der Waals surface area contributed by atoms with Gasteiger partial charge in [0.05, 0.1) is 4.90 Å². The zero-order valence-electron chi connectivity index (χ0n) is 20.6. The van der Waals surface area contributed by atoms with Crippen molar-refractivity contribution < 1.29 is 31.5 Å². The Labute approximate surface area is 221 Å². The average Bonchev–Trinajstić information content (AvgIpc) is 3.38. The van der Waals surface area contributed by atoms with Crippen molar-refractivity contribution in [3.05, 3.63) is 84.3 Å². The van der Waals surface area contributed by atoms with Crippen LogP contribution in [0.2, 0.25) is 0 Å². The first-order valence-corrected chi connectivity index (χ1v) is 13.4. The van der Waals surface area contributed by atoms with Gasteiger partial charge in [-0.25, -0.2) is 22.9 Å². The molecule has 202 valence electrons. The van der Waals surface area contributed by atoms with E-state index in [1.54, 1.807) is 37.3 Å². The first-order valence-electron chi connectivity index (χ1n) is 11.5. The van der Waals surface area contributed by atoms with Crippen molar-refractivity contribution in [2.24, 2.45) is 0 Å². The Morgan fingerprint density at radius 3 is 2.51 bits per heavy atom. The monoisotopic (exact) mass is 557 g/mol. The maximum atomic E-state index is 13.3. The summed E-state index contributed by atoms with van der Waals surface area (Å²) in [5.74, 6) is -1.10. The molecule has 0 fully saturated rings. The van der Waals surface area contributed by atoms with Gasteiger partial charge in [0.1, 0.15) is 0 Å². The number of halogens is 3. The second-order valence-electron chi connectivity index (χ2n) is 8.44. The molecule has 0 bridgehead atoms. The molecule has 0 unspecified atom stereocenters. The summed E-state index contributed by atoms with van der Waals surface area (Å²) >= 11 is 0. The highest BCUT2D eigenvalue weighted by atomic mass is 32.2. The van der Waals surface area contributed by atoms with Crippen molar-refractivity contribution in [2.45, 2.75) is 24.4 Å². The summed E-state index contributed by atoms with van der Waals surface area (Å²) in [7, 11) is -3.49. The SMILES string of the molecule is CC/C(=C\C(=O)O)c1cccc(-c2cnc(Nc3cccc(S(C)(=O)=O)c3)nc2-n2ccc(C(F)(F)F)n2)c1. The lowest BCUT2D eigenvalue weighted by Crippen LogP contribution is -2.10. The Balaban J connectivity index is 1.83. The number of benzene rings is 2. The molecule has 4 rings (SSSR count). The van der Waals surface area contributed by atoms with Crippen LogP contribution in [0.1, 0.15) is 24.6 Å². The Hall–Kier alpha value is -4.52. The average molecular weight is 558 g/mol. The summed E-state index contributed by atoms with van der Waals surface area (Å²) in [6.45, 7) is 1.80. The van der Waals surface area contributed by atoms with Crippen molar-refractivity contribution in [2.75, 3.05) is 11.6 Å². The number of allylic oxidation sites excluding steroid dienone is 1. The van der Waals surface area contributed by atoms with Gasteiger partial charge >= 0.3 is 12.1 Å². The number of hydrogen-bond acceptors (Lipinski definition) is 7. The fraction of sp³-hybridized carbons (Fsp3) is 0.154. The smallest absolute Gasteiger partial charge is 0.435 e. The molecular weight excluding hydrogens is 535 g/mol. The number of nitrogens with zero attached hydrogens (tertiary/aromatic N) is 4. The van der Waals surface area contributed by atoms with E-state index in [-0.39, 0.29) is 16.7 Å². The molecule has 2 N–H and O–H groups in total. The van der Waals surface area contributed by atoms with Crippen LogP contribution in [0.15, 0.2) is 78.0 Å². The minimum atomic E-state index is -4.68. The van der Waals surface area contributed by atoms with E-state index < -0.39 is 27.7 Å². The number of anilines is 2. The second-order valence-corrected chi connectivity index (χ2v) is 10.5. The van der Waals surface area contributed by atoms with Gasteiger partial charge in [-0.3, -0.25) is 0 Å². The zero-order valence-corrected chi connectivity index (χ0v) is 21.5. The van der Waals surface area contributed by atoms with E-state index in [1.807, 2.05) is 0 Å². The summed E-state index contributed by atoms with van der Waals surface area (Å²) in [6, 6.07) is 13.5. The largest absolute Gasteiger partial charge is 0.478 e. The van der Waals surface area contributed by atoms with Gasteiger partial charge < -0.3 is 10.4 Å². The third kappa shape index (κ3) is 6.49. The Morgan fingerprint density at radius 1 is 1.13 bits per heavy atom. The molecule has 2 aromatic carbocycles. The Bertz CT molecular complexity index is 1680. The highest BCUT2D eigenvalue weighted by molar-refractivity contribution is 7.90. The maximum Gasteiger partial charge on any atom is 0.435 e. The number of carboxylic acids is 1. The van der Waals surface area contributed by atoms with E-state index >= 15 is 0 Å². The van der Waals surface area contributed by atoms with E-state index in [0.29, 0.717) is 34.4 Å².